The van der Waals surface area contributed by atoms with Gasteiger partial charge < -0.3 is 16.0 Å². The average Bonchev–Trinajstić information content (AvgIpc) is 2.63. The van der Waals surface area contributed by atoms with Crippen molar-refractivity contribution in [1.82, 2.24) is 4.90 Å². The number of carbonyl (C=O) groups excluding carboxylic acids is 1. The Hall–Kier alpha value is -1.75. The first-order valence-corrected chi connectivity index (χ1v) is 8.68. The molecule has 6 heteroatoms. The molecule has 0 spiro atoms. The molecular formula is C20H25Cl2N3O. The van der Waals surface area contributed by atoms with Crippen LogP contribution >= 0.6 is 24.8 Å². The summed E-state index contributed by atoms with van der Waals surface area (Å²) in [6, 6.07) is 15.8. The Labute approximate surface area is 167 Å². The summed E-state index contributed by atoms with van der Waals surface area (Å²) in [6.45, 7) is 3.23. The number of nitrogens with two attached hydrogens (primary N) is 1. The highest BCUT2D eigenvalue weighted by Crippen LogP contribution is 2.33. The minimum absolute atomic E-state index is 0. The van der Waals surface area contributed by atoms with Gasteiger partial charge in [0.15, 0.2) is 0 Å². The Morgan fingerprint density at radius 1 is 1.00 bits per heavy atom. The van der Waals surface area contributed by atoms with E-state index >= 15 is 0 Å². The normalized spacial score (nSPS) is 23.5. The molecule has 0 radical (unpaired) electrons. The van der Waals surface area contributed by atoms with Crippen molar-refractivity contribution < 1.29 is 4.79 Å². The number of nitrogens with one attached hydrogen (secondary N) is 1. The number of rotatable bonds is 3. The molecular weight excluding hydrogens is 369 g/mol. The summed E-state index contributed by atoms with van der Waals surface area (Å²) in [5, 5.41) is 3.10. The second kappa shape index (κ2) is 8.76. The van der Waals surface area contributed by atoms with Crippen LogP contribution < -0.4 is 11.1 Å². The van der Waals surface area contributed by atoms with E-state index in [1.165, 1.54) is 0 Å². The van der Waals surface area contributed by atoms with Crippen LogP contribution in [0.2, 0.25) is 0 Å². The van der Waals surface area contributed by atoms with Crippen LogP contribution in [-0.4, -0.2) is 30.4 Å². The number of carbonyl (C=O) groups is 1. The van der Waals surface area contributed by atoms with Crippen molar-refractivity contribution in [3.63, 3.8) is 0 Å². The molecule has 1 amide bonds. The summed E-state index contributed by atoms with van der Waals surface area (Å²) in [5.74, 6) is 0.865. The summed E-state index contributed by atoms with van der Waals surface area (Å²) in [7, 11) is 0. The average molecular weight is 394 g/mol. The maximum absolute atomic E-state index is 12.6. The predicted molar refractivity (Wildman–Crippen MR) is 112 cm³/mol. The van der Waals surface area contributed by atoms with E-state index in [1.54, 1.807) is 0 Å². The smallest absolute Gasteiger partial charge is 0.229 e. The molecule has 3 saturated heterocycles. The zero-order valence-electron chi connectivity index (χ0n) is 14.6. The van der Waals surface area contributed by atoms with E-state index in [1.807, 2.05) is 48.5 Å². The molecule has 2 aromatic rings. The van der Waals surface area contributed by atoms with Crippen LogP contribution in [0.3, 0.4) is 0 Å². The van der Waals surface area contributed by atoms with Crippen molar-refractivity contribution in [2.45, 2.75) is 12.8 Å². The molecule has 0 aliphatic carbocycles. The summed E-state index contributed by atoms with van der Waals surface area (Å²) in [5.41, 5.74) is 9.65. The van der Waals surface area contributed by atoms with Crippen molar-refractivity contribution in [2.24, 2.45) is 11.8 Å². The van der Waals surface area contributed by atoms with Gasteiger partial charge in [0.05, 0.1) is 5.92 Å². The molecule has 2 bridgehead atoms. The number of halogens is 2. The van der Waals surface area contributed by atoms with Crippen LogP contribution in [0.15, 0.2) is 48.5 Å². The molecule has 3 aliphatic heterocycles. The number of benzene rings is 2. The number of hydrogen-bond donors (Lipinski definition) is 2. The van der Waals surface area contributed by atoms with Crippen LogP contribution in [-0.2, 0) is 4.79 Å². The van der Waals surface area contributed by atoms with Gasteiger partial charge in [-0.05, 0) is 67.2 Å². The molecule has 3 fully saturated rings. The Morgan fingerprint density at radius 2 is 1.69 bits per heavy atom. The molecule has 140 valence electrons. The summed E-state index contributed by atoms with van der Waals surface area (Å²) >= 11 is 0. The Balaban J connectivity index is 0.00000121. The fourth-order valence-corrected chi connectivity index (χ4v) is 3.96. The van der Waals surface area contributed by atoms with Gasteiger partial charge in [0.1, 0.15) is 0 Å². The molecule has 26 heavy (non-hydrogen) atoms. The number of nitrogens with zero attached hydrogens (tertiary/aromatic N) is 1. The van der Waals surface area contributed by atoms with E-state index in [2.05, 4.69) is 10.2 Å². The highest BCUT2D eigenvalue weighted by molar-refractivity contribution is 5.93. The van der Waals surface area contributed by atoms with Crippen LogP contribution in [0.1, 0.15) is 12.8 Å². The second-order valence-electron chi connectivity index (χ2n) is 6.94. The van der Waals surface area contributed by atoms with Crippen LogP contribution in [0.5, 0.6) is 0 Å². The minimum atomic E-state index is 0. The Bertz CT molecular complexity index is 743. The third-order valence-corrected chi connectivity index (χ3v) is 5.37. The maximum Gasteiger partial charge on any atom is 0.229 e. The lowest BCUT2D eigenvalue weighted by Gasteiger charge is -2.43. The zero-order chi connectivity index (χ0) is 16.5. The molecule has 4 nitrogen and oxygen atoms in total. The quantitative estimate of drug-likeness (QED) is 0.772. The third kappa shape index (κ3) is 4.32. The topological polar surface area (TPSA) is 58.4 Å². The number of piperidine rings is 3. The Kier molecular flexibility index (Phi) is 6.93. The number of anilines is 2. The number of hydrogen-bond acceptors (Lipinski definition) is 3. The third-order valence-electron chi connectivity index (χ3n) is 5.37. The molecule has 3 heterocycles. The lowest BCUT2D eigenvalue weighted by atomic mass is 9.78. The van der Waals surface area contributed by atoms with E-state index < -0.39 is 0 Å². The largest absolute Gasteiger partial charge is 0.399 e. The van der Waals surface area contributed by atoms with Gasteiger partial charge in [0.2, 0.25) is 5.91 Å². The zero-order valence-corrected chi connectivity index (χ0v) is 16.2. The monoisotopic (exact) mass is 393 g/mol. The molecule has 3 N–H and O–H groups in total. The van der Waals surface area contributed by atoms with E-state index in [0.29, 0.717) is 5.92 Å². The maximum atomic E-state index is 12.6. The second-order valence-corrected chi connectivity index (χ2v) is 6.94. The van der Waals surface area contributed by atoms with Crippen molar-refractivity contribution in [2.75, 3.05) is 30.7 Å². The van der Waals surface area contributed by atoms with Crippen LogP contribution in [0, 0.1) is 11.8 Å². The highest BCUT2D eigenvalue weighted by Gasteiger charge is 2.38. The highest BCUT2D eigenvalue weighted by atomic mass is 35.5. The Morgan fingerprint density at radius 3 is 2.27 bits per heavy atom. The van der Waals surface area contributed by atoms with Crippen molar-refractivity contribution in [3.8, 4) is 11.1 Å². The predicted octanol–water partition coefficient (Wildman–Crippen LogP) is 4.06. The molecule has 1 atom stereocenters. The van der Waals surface area contributed by atoms with E-state index in [9.17, 15) is 4.79 Å². The van der Waals surface area contributed by atoms with Gasteiger partial charge in [-0.15, -0.1) is 24.8 Å². The SMILES string of the molecule is Cl.Cl.Nc1cccc(-c2ccc(NC(=O)C3CN4CCC3CC4)cc2)c1. The van der Waals surface area contributed by atoms with Crippen LogP contribution in [0.4, 0.5) is 11.4 Å². The lowest BCUT2D eigenvalue weighted by molar-refractivity contribution is -0.125. The van der Waals surface area contributed by atoms with Gasteiger partial charge in [0.25, 0.3) is 0 Å². The van der Waals surface area contributed by atoms with Gasteiger partial charge >= 0.3 is 0 Å². The molecule has 1 unspecified atom stereocenters. The van der Waals surface area contributed by atoms with Crippen LogP contribution in [0.25, 0.3) is 11.1 Å². The molecule has 0 saturated carbocycles. The first-order chi connectivity index (χ1) is 11.7. The van der Waals surface area contributed by atoms with Gasteiger partial charge in [-0.2, -0.15) is 0 Å². The number of amides is 1. The molecule has 5 rings (SSSR count). The first-order valence-electron chi connectivity index (χ1n) is 8.68. The van der Waals surface area contributed by atoms with Gasteiger partial charge in [-0.25, -0.2) is 0 Å². The minimum Gasteiger partial charge on any atom is -0.399 e. The van der Waals surface area contributed by atoms with Gasteiger partial charge in [-0.1, -0.05) is 24.3 Å². The van der Waals surface area contributed by atoms with Crippen molar-refractivity contribution in [1.29, 1.82) is 0 Å². The molecule has 0 aromatic heterocycles. The van der Waals surface area contributed by atoms with Gasteiger partial charge in [-0.3, -0.25) is 4.79 Å². The number of fused-ring (bicyclic) bond motifs is 3. The molecule has 2 aromatic carbocycles. The molecule has 3 aliphatic rings. The number of nitrogen functional groups attached to an aromatic ring is 1. The van der Waals surface area contributed by atoms with E-state index in [4.69, 9.17) is 5.73 Å². The standard InChI is InChI=1S/C20H23N3O.2ClH/c21-17-3-1-2-16(12-17)14-4-6-18(7-5-14)22-20(24)19-13-23-10-8-15(19)9-11-23;;/h1-7,12,15,19H,8-11,13,21H2,(H,22,24);2*1H. The first kappa shape index (κ1) is 20.6. The fraction of sp³-hybridized carbons (Fsp3) is 0.350. The lowest BCUT2D eigenvalue weighted by Crippen LogP contribution is -2.51. The van der Waals surface area contributed by atoms with Crippen molar-refractivity contribution in [3.05, 3.63) is 48.5 Å². The summed E-state index contributed by atoms with van der Waals surface area (Å²) in [4.78, 5) is 15.0. The fourth-order valence-electron chi connectivity index (χ4n) is 3.96. The van der Waals surface area contributed by atoms with E-state index in [-0.39, 0.29) is 36.6 Å². The summed E-state index contributed by atoms with van der Waals surface area (Å²) in [6.07, 6.45) is 2.32. The summed E-state index contributed by atoms with van der Waals surface area (Å²) < 4.78 is 0. The van der Waals surface area contributed by atoms with Crippen molar-refractivity contribution >= 4 is 42.1 Å². The van der Waals surface area contributed by atoms with E-state index in [0.717, 1.165) is 55.0 Å². The van der Waals surface area contributed by atoms with Gasteiger partial charge in [0, 0.05) is 17.9 Å².